The third kappa shape index (κ3) is 4.37. The molecule has 2 bridgehead atoms. The maximum Gasteiger partial charge on any atom is 0.244 e. The first-order chi connectivity index (χ1) is 17.0. The third-order valence-electron chi connectivity index (χ3n) is 6.96. The number of nitrogens with zero attached hydrogens (tertiary/aromatic N) is 4. The molecule has 6 rings (SSSR count). The predicted molar refractivity (Wildman–Crippen MR) is 132 cm³/mol. The molecule has 3 aromatic rings. The Hall–Kier alpha value is -3.43. The summed E-state index contributed by atoms with van der Waals surface area (Å²) in [7, 11) is 0. The molecule has 0 radical (unpaired) electrons. The van der Waals surface area contributed by atoms with Crippen LogP contribution in [0.5, 0.6) is 11.5 Å². The van der Waals surface area contributed by atoms with Crippen molar-refractivity contribution in [2.24, 2.45) is 5.92 Å². The number of hydrogen-bond donors (Lipinski definition) is 2. The smallest absolute Gasteiger partial charge is 0.244 e. The molecular weight excluding hydrogens is 444 g/mol. The van der Waals surface area contributed by atoms with Crippen LogP contribution >= 0.6 is 0 Å². The van der Waals surface area contributed by atoms with Crippen LogP contribution in [-0.4, -0.2) is 64.3 Å². The second-order valence-corrected chi connectivity index (χ2v) is 9.79. The molecule has 1 fully saturated rings. The average Bonchev–Trinajstić information content (AvgIpc) is 3.31. The minimum absolute atomic E-state index is 0.00827. The largest absolute Gasteiger partial charge is 0.454 e. The molecule has 1 aromatic heterocycles. The molecule has 3 aliphatic rings. The van der Waals surface area contributed by atoms with E-state index in [0.29, 0.717) is 13.1 Å². The van der Waals surface area contributed by atoms with Gasteiger partial charge in [0.25, 0.3) is 0 Å². The lowest BCUT2D eigenvalue weighted by atomic mass is 10.0. The molecule has 9 heteroatoms. The summed E-state index contributed by atoms with van der Waals surface area (Å²) in [5.41, 5.74) is 2.06. The molecule has 182 valence electrons. The van der Waals surface area contributed by atoms with Crippen molar-refractivity contribution in [1.82, 2.24) is 25.1 Å². The number of nitrogens with one attached hydrogen (secondary N) is 2. The van der Waals surface area contributed by atoms with Crippen molar-refractivity contribution < 1.29 is 14.3 Å². The Morgan fingerprint density at radius 2 is 1.91 bits per heavy atom. The van der Waals surface area contributed by atoms with Crippen LogP contribution in [0, 0.1) is 5.92 Å². The number of piperazine rings is 1. The summed E-state index contributed by atoms with van der Waals surface area (Å²) in [6.45, 7) is 8.14. The highest BCUT2D eigenvalue weighted by molar-refractivity contribution is 5.92. The molecule has 2 aromatic carbocycles. The van der Waals surface area contributed by atoms with E-state index in [1.54, 1.807) is 0 Å². The standard InChI is InChI=1S/C26H30N6O3/c1-16(2)24-26(33)29-23-14-31(12-17-7-8-20-21(11-17)35-15-34-20)9-10-32(23)13-22-27-19-6-4-3-5-18(19)25(28-22)30-24/h3-8,11,16,23-24H,9-10,12-15H2,1-2H3,(H,29,33)(H,27,28,30)/t23?,24-/m0/s1. The van der Waals surface area contributed by atoms with Gasteiger partial charge in [-0.05, 0) is 35.7 Å². The van der Waals surface area contributed by atoms with Gasteiger partial charge in [0.2, 0.25) is 12.7 Å². The summed E-state index contributed by atoms with van der Waals surface area (Å²) >= 11 is 0. The number of carbonyl (C=O) groups is 1. The molecule has 9 nitrogen and oxygen atoms in total. The maximum atomic E-state index is 13.5. The topological polar surface area (TPSA) is 91.9 Å². The molecule has 35 heavy (non-hydrogen) atoms. The molecule has 4 heterocycles. The molecule has 2 atom stereocenters. The van der Waals surface area contributed by atoms with Crippen molar-refractivity contribution >= 4 is 22.6 Å². The first-order valence-corrected chi connectivity index (χ1v) is 12.2. The highest BCUT2D eigenvalue weighted by atomic mass is 16.7. The highest BCUT2D eigenvalue weighted by Crippen LogP contribution is 2.33. The van der Waals surface area contributed by atoms with Crippen LogP contribution in [0.2, 0.25) is 0 Å². The highest BCUT2D eigenvalue weighted by Gasteiger charge is 2.33. The van der Waals surface area contributed by atoms with Crippen LogP contribution in [0.4, 0.5) is 5.82 Å². The van der Waals surface area contributed by atoms with Crippen LogP contribution in [0.25, 0.3) is 10.9 Å². The molecule has 1 saturated heterocycles. The predicted octanol–water partition coefficient (Wildman–Crippen LogP) is 2.57. The first-order valence-electron chi connectivity index (χ1n) is 12.2. The fraction of sp³-hybridized carbons (Fsp3) is 0.423. The van der Waals surface area contributed by atoms with Crippen molar-refractivity contribution in [3.05, 3.63) is 53.9 Å². The Balaban J connectivity index is 1.28. The van der Waals surface area contributed by atoms with E-state index in [0.717, 1.165) is 59.2 Å². The fourth-order valence-electron chi connectivity index (χ4n) is 5.07. The van der Waals surface area contributed by atoms with E-state index in [9.17, 15) is 4.79 Å². The number of carbonyl (C=O) groups excluding carboxylic acids is 1. The second-order valence-electron chi connectivity index (χ2n) is 9.79. The number of rotatable bonds is 3. The molecule has 1 amide bonds. The first kappa shape index (κ1) is 22.1. The van der Waals surface area contributed by atoms with Crippen molar-refractivity contribution in [2.75, 3.05) is 31.7 Å². The summed E-state index contributed by atoms with van der Waals surface area (Å²) < 4.78 is 11.0. The molecule has 0 aliphatic carbocycles. The summed E-state index contributed by atoms with van der Waals surface area (Å²) in [5.74, 6) is 3.15. The van der Waals surface area contributed by atoms with Crippen molar-refractivity contribution in [3.8, 4) is 11.5 Å². The Morgan fingerprint density at radius 3 is 2.80 bits per heavy atom. The maximum absolute atomic E-state index is 13.5. The van der Waals surface area contributed by atoms with Gasteiger partial charge >= 0.3 is 0 Å². The Kier molecular flexibility index (Phi) is 5.66. The van der Waals surface area contributed by atoms with Crippen LogP contribution in [0.1, 0.15) is 25.2 Å². The Morgan fingerprint density at radius 1 is 1.06 bits per heavy atom. The van der Waals surface area contributed by atoms with Gasteiger partial charge in [0, 0.05) is 31.6 Å². The number of amides is 1. The second kappa shape index (κ2) is 8.98. The quantitative estimate of drug-likeness (QED) is 0.599. The van der Waals surface area contributed by atoms with Crippen LogP contribution in [0.15, 0.2) is 42.5 Å². The van der Waals surface area contributed by atoms with Crippen LogP contribution < -0.4 is 20.1 Å². The number of ether oxygens (including phenoxy) is 2. The number of aromatic nitrogens is 2. The van der Waals surface area contributed by atoms with E-state index in [1.165, 1.54) is 0 Å². The SMILES string of the molecule is CC(C)[C@@H]1Nc2nc(nc3ccccc23)CN2CCN(Cc3ccc4c(c3)OCO4)CC2NC1=O. The van der Waals surface area contributed by atoms with Crippen LogP contribution in [-0.2, 0) is 17.9 Å². The number of fused-ring (bicyclic) bond motifs is 6. The van der Waals surface area contributed by atoms with Crippen molar-refractivity contribution in [1.29, 1.82) is 0 Å². The summed E-state index contributed by atoms with van der Waals surface area (Å²) in [6, 6.07) is 13.7. The van der Waals surface area contributed by atoms with Gasteiger partial charge in [-0.3, -0.25) is 14.6 Å². The lowest BCUT2D eigenvalue weighted by Crippen LogP contribution is -2.62. The monoisotopic (exact) mass is 474 g/mol. The van der Waals surface area contributed by atoms with Gasteiger partial charge in [-0.25, -0.2) is 9.97 Å². The van der Waals surface area contributed by atoms with Crippen molar-refractivity contribution in [3.63, 3.8) is 0 Å². The summed E-state index contributed by atoms with van der Waals surface area (Å²) in [5, 5.41) is 7.68. The zero-order valence-electron chi connectivity index (χ0n) is 20.0. The van der Waals surface area contributed by atoms with E-state index in [-0.39, 0.29) is 24.8 Å². The normalized spacial score (nSPS) is 22.5. The number of para-hydroxylation sites is 1. The molecule has 1 unspecified atom stereocenters. The molecular formula is C26H30N6O3. The zero-order chi connectivity index (χ0) is 23.9. The van der Waals surface area contributed by atoms with Gasteiger partial charge in [-0.1, -0.05) is 32.0 Å². The molecule has 2 N–H and O–H groups in total. The lowest BCUT2D eigenvalue weighted by Gasteiger charge is -2.42. The van der Waals surface area contributed by atoms with Gasteiger partial charge in [0.15, 0.2) is 11.5 Å². The third-order valence-corrected chi connectivity index (χ3v) is 6.96. The zero-order valence-corrected chi connectivity index (χ0v) is 20.0. The van der Waals surface area contributed by atoms with E-state index >= 15 is 0 Å². The summed E-state index contributed by atoms with van der Waals surface area (Å²) in [6.07, 6.45) is -0.134. The lowest BCUT2D eigenvalue weighted by molar-refractivity contribution is -0.125. The van der Waals surface area contributed by atoms with Gasteiger partial charge in [-0.15, -0.1) is 0 Å². The number of benzene rings is 2. The fourth-order valence-corrected chi connectivity index (χ4v) is 5.07. The van der Waals surface area contributed by atoms with E-state index in [4.69, 9.17) is 19.4 Å². The average molecular weight is 475 g/mol. The molecule has 0 saturated carbocycles. The Bertz CT molecular complexity index is 1270. The van der Waals surface area contributed by atoms with Gasteiger partial charge in [-0.2, -0.15) is 0 Å². The number of anilines is 1. The minimum Gasteiger partial charge on any atom is -0.454 e. The van der Waals surface area contributed by atoms with Crippen LogP contribution in [0.3, 0.4) is 0 Å². The Labute approximate surface area is 204 Å². The van der Waals surface area contributed by atoms with E-state index in [2.05, 4.69) is 40.3 Å². The minimum atomic E-state index is -0.398. The molecule has 0 spiro atoms. The number of hydrogen-bond acceptors (Lipinski definition) is 8. The summed E-state index contributed by atoms with van der Waals surface area (Å²) in [4.78, 5) is 27.8. The van der Waals surface area contributed by atoms with Gasteiger partial charge in [0.05, 0.1) is 18.2 Å². The van der Waals surface area contributed by atoms with E-state index < -0.39 is 6.04 Å². The van der Waals surface area contributed by atoms with Gasteiger partial charge < -0.3 is 20.1 Å². The van der Waals surface area contributed by atoms with E-state index in [1.807, 2.05) is 36.4 Å². The molecule has 3 aliphatic heterocycles. The van der Waals surface area contributed by atoms with Gasteiger partial charge in [0.1, 0.15) is 17.7 Å². The van der Waals surface area contributed by atoms with Crippen molar-refractivity contribution in [2.45, 2.75) is 39.1 Å².